The smallest absolute Gasteiger partial charge is 0.335 e. The molecule has 1 aromatic heterocycles. The van der Waals surface area contributed by atoms with Gasteiger partial charge in [0.05, 0.1) is 5.56 Å². The van der Waals surface area contributed by atoms with Crippen LogP contribution in [0, 0.1) is 0 Å². The van der Waals surface area contributed by atoms with Crippen molar-refractivity contribution in [2.24, 2.45) is 0 Å². The van der Waals surface area contributed by atoms with E-state index in [1.165, 1.54) is 30.3 Å². The fourth-order valence-electron chi connectivity index (χ4n) is 3.00. The van der Waals surface area contributed by atoms with Gasteiger partial charge in [-0.1, -0.05) is 41.9 Å². The number of benzene rings is 3. The van der Waals surface area contributed by atoms with Gasteiger partial charge in [0.2, 0.25) is 11.8 Å². The van der Waals surface area contributed by atoms with Crippen LogP contribution in [-0.4, -0.2) is 22.0 Å². The summed E-state index contributed by atoms with van der Waals surface area (Å²) in [6.45, 7) is 0. The second-order valence-electron chi connectivity index (χ2n) is 6.81. The number of anilines is 1. The summed E-state index contributed by atoms with van der Waals surface area (Å²) in [6.07, 6.45) is 2.88. The lowest BCUT2D eigenvalue weighted by Crippen LogP contribution is -2.08. The van der Waals surface area contributed by atoms with Crippen LogP contribution in [-0.2, 0) is 4.79 Å². The molecule has 4 aromatic rings. The Morgan fingerprint density at radius 2 is 1.59 bits per heavy atom. The maximum absolute atomic E-state index is 12.4. The standard InChI is InChI=1S/C25H17ClN2O4/c26-19-10-6-16(7-11-19)23-21(32-24(28-23)17-4-2-1-3-5-17)14-15-22(29)27-20-12-8-18(9-13-20)25(30)31/h1-15H,(H,27,29)(H,30,31)/b15-14+. The topological polar surface area (TPSA) is 92.4 Å². The Morgan fingerprint density at radius 1 is 0.906 bits per heavy atom. The SMILES string of the molecule is O=C(/C=C/c1oc(-c2ccccc2)nc1-c1ccc(Cl)cc1)Nc1ccc(C(=O)O)cc1. The largest absolute Gasteiger partial charge is 0.478 e. The highest BCUT2D eigenvalue weighted by molar-refractivity contribution is 6.30. The molecule has 1 heterocycles. The van der Waals surface area contributed by atoms with Gasteiger partial charge in [-0.15, -0.1) is 0 Å². The van der Waals surface area contributed by atoms with Crippen LogP contribution in [0.15, 0.2) is 89.4 Å². The first kappa shape index (κ1) is 21.1. The van der Waals surface area contributed by atoms with Gasteiger partial charge in [0.25, 0.3) is 0 Å². The second-order valence-corrected chi connectivity index (χ2v) is 7.25. The van der Waals surface area contributed by atoms with Gasteiger partial charge in [0, 0.05) is 27.9 Å². The zero-order chi connectivity index (χ0) is 22.5. The molecule has 0 aliphatic heterocycles. The number of carbonyl (C=O) groups excluding carboxylic acids is 1. The Hall–Kier alpha value is -4.16. The van der Waals surface area contributed by atoms with E-state index in [9.17, 15) is 9.59 Å². The molecular formula is C25H17ClN2O4. The first-order valence-corrected chi connectivity index (χ1v) is 10.0. The van der Waals surface area contributed by atoms with Gasteiger partial charge in [-0.3, -0.25) is 4.79 Å². The number of nitrogens with one attached hydrogen (secondary N) is 1. The average Bonchev–Trinajstić information content (AvgIpc) is 3.23. The van der Waals surface area contributed by atoms with Crippen LogP contribution in [0.3, 0.4) is 0 Å². The lowest BCUT2D eigenvalue weighted by molar-refractivity contribution is -0.111. The summed E-state index contributed by atoms with van der Waals surface area (Å²) in [5.41, 5.74) is 2.80. The number of carboxylic acids is 1. The molecule has 7 heteroatoms. The number of aromatic nitrogens is 1. The monoisotopic (exact) mass is 444 g/mol. The number of hydrogen-bond acceptors (Lipinski definition) is 4. The molecule has 0 fully saturated rings. The van der Waals surface area contributed by atoms with Crippen LogP contribution in [0.2, 0.25) is 5.02 Å². The number of carboxylic acid groups (broad SMARTS) is 1. The molecular weight excluding hydrogens is 428 g/mol. The summed E-state index contributed by atoms with van der Waals surface area (Å²) in [4.78, 5) is 27.9. The van der Waals surface area contributed by atoms with E-state index in [0.29, 0.717) is 28.1 Å². The third-order valence-electron chi connectivity index (χ3n) is 4.58. The summed E-state index contributed by atoms with van der Waals surface area (Å²) in [6, 6.07) is 22.5. The lowest BCUT2D eigenvalue weighted by Gasteiger charge is -2.02. The molecule has 0 unspecified atom stereocenters. The van der Waals surface area contributed by atoms with Crippen molar-refractivity contribution < 1.29 is 19.1 Å². The van der Waals surface area contributed by atoms with Crippen molar-refractivity contribution in [1.82, 2.24) is 4.98 Å². The normalized spacial score (nSPS) is 10.9. The molecule has 0 saturated heterocycles. The van der Waals surface area contributed by atoms with Gasteiger partial charge in [-0.25, -0.2) is 9.78 Å². The van der Waals surface area contributed by atoms with Crippen LogP contribution in [0.5, 0.6) is 0 Å². The van der Waals surface area contributed by atoms with Crippen LogP contribution in [0.1, 0.15) is 16.1 Å². The van der Waals surface area contributed by atoms with Gasteiger partial charge in [-0.2, -0.15) is 0 Å². The van der Waals surface area contributed by atoms with Gasteiger partial charge in [0.15, 0.2) is 5.76 Å². The van der Waals surface area contributed by atoms with E-state index in [0.717, 1.165) is 11.1 Å². The van der Waals surface area contributed by atoms with E-state index in [1.54, 1.807) is 18.2 Å². The van der Waals surface area contributed by atoms with E-state index < -0.39 is 11.9 Å². The van der Waals surface area contributed by atoms with Gasteiger partial charge in [0.1, 0.15) is 5.69 Å². The number of nitrogens with zero attached hydrogens (tertiary/aromatic N) is 1. The number of hydrogen-bond donors (Lipinski definition) is 2. The zero-order valence-corrected chi connectivity index (χ0v) is 17.4. The van der Waals surface area contributed by atoms with E-state index in [2.05, 4.69) is 10.3 Å². The van der Waals surface area contributed by atoms with Crippen LogP contribution >= 0.6 is 11.6 Å². The minimum Gasteiger partial charge on any atom is -0.478 e. The third-order valence-corrected chi connectivity index (χ3v) is 4.83. The highest BCUT2D eigenvalue weighted by atomic mass is 35.5. The Balaban J connectivity index is 1.60. The summed E-state index contributed by atoms with van der Waals surface area (Å²) in [5.74, 6) is -0.577. The molecule has 4 rings (SSSR count). The molecule has 0 radical (unpaired) electrons. The Kier molecular flexibility index (Phi) is 6.14. The van der Waals surface area contributed by atoms with Crippen molar-refractivity contribution >= 4 is 35.2 Å². The molecule has 0 aliphatic rings. The van der Waals surface area contributed by atoms with E-state index in [1.807, 2.05) is 42.5 Å². The predicted octanol–water partition coefficient (Wildman–Crippen LogP) is 6.01. The third kappa shape index (κ3) is 4.94. The Bertz CT molecular complexity index is 1280. The van der Waals surface area contributed by atoms with Crippen molar-refractivity contribution in [1.29, 1.82) is 0 Å². The summed E-state index contributed by atoms with van der Waals surface area (Å²) < 4.78 is 5.95. The number of aromatic carboxylic acids is 1. The molecule has 32 heavy (non-hydrogen) atoms. The molecule has 3 aromatic carbocycles. The fourth-order valence-corrected chi connectivity index (χ4v) is 3.12. The van der Waals surface area contributed by atoms with Gasteiger partial charge in [-0.05, 0) is 54.6 Å². The fraction of sp³-hybridized carbons (Fsp3) is 0. The molecule has 2 N–H and O–H groups in total. The average molecular weight is 445 g/mol. The first-order valence-electron chi connectivity index (χ1n) is 9.64. The maximum atomic E-state index is 12.4. The number of carbonyl (C=O) groups is 2. The molecule has 0 aliphatic carbocycles. The van der Waals surface area contributed by atoms with Crippen LogP contribution in [0.25, 0.3) is 28.8 Å². The number of rotatable bonds is 6. The highest BCUT2D eigenvalue weighted by Crippen LogP contribution is 2.30. The van der Waals surface area contributed by atoms with E-state index in [-0.39, 0.29) is 5.56 Å². The number of amides is 1. The van der Waals surface area contributed by atoms with E-state index in [4.69, 9.17) is 21.1 Å². The molecule has 0 atom stereocenters. The van der Waals surface area contributed by atoms with Crippen molar-refractivity contribution in [3.8, 4) is 22.7 Å². The van der Waals surface area contributed by atoms with Crippen molar-refractivity contribution in [2.45, 2.75) is 0 Å². The molecule has 0 bridgehead atoms. The first-order chi connectivity index (χ1) is 15.5. The zero-order valence-electron chi connectivity index (χ0n) is 16.7. The second kappa shape index (κ2) is 9.32. The Morgan fingerprint density at radius 3 is 2.25 bits per heavy atom. The molecule has 158 valence electrons. The quantitative estimate of drug-likeness (QED) is 0.355. The van der Waals surface area contributed by atoms with Crippen LogP contribution in [0.4, 0.5) is 5.69 Å². The predicted molar refractivity (Wildman–Crippen MR) is 123 cm³/mol. The van der Waals surface area contributed by atoms with Gasteiger partial charge >= 0.3 is 5.97 Å². The molecule has 0 spiro atoms. The summed E-state index contributed by atoms with van der Waals surface area (Å²) in [5, 5.41) is 12.3. The molecule has 6 nitrogen and oxygen atoms in total. The summed E-state index contributed by atoms with van der Waals surface area (Å²) >= 11 is 6.00. The van der Waals surface area contributed by atoms with Crippen molar-refractivity contribution in [3.63, 3.8) is 0 Å². The maximum Gasteiger partial charge on any atom is 0.335 e. The molecule has 0 saturated carbocycles. The minimum atomic E-state index is -1.03. The minimum absolute atomic E-state index is 0.140. The van der Waals surface area contributed by atoms with Crippen molar-refractivity contribution in [3.05, 3.63) is 101 Å². The van der Waals surface area contributed by atoms with Crippen molar-refractivity contribution in [2.75, 3.05) is 5.32 Å². The number of halogens is 1. The van der Waals surface area contributed by atoms with E-state index >= 15 is 0 Å². The van der Waals surface area contributed by atoms with Crippen LogP contribution < -0.4 is 5.32 Å². The Labute approximate surface area is 188 Å². The highest BCUT2D eigenvalue weighted by Gasteiger charge is 2.15. The summed E-state index contributed by atoms with van der Waals surface area (Å²) in [7, 11) is 0. The lowest BCUT2D eigenvalue weighted by atomic mass is 10.1. The number of oxazole rings is 1. The molecule has 1 amide bonds. The van der Waals surface area contributed by atoms with Gasteiger partial charge < -0.3 is 14.8 Å².